The lowest BCUT2D eigenvalue weighted by Crippen LogP contribution is -2.35. The van der Waals surface area contributed by atoms with Gasteiger partial charge in [-0.25, -0.2) is 4.68 Å². The Hall–Kier alpha value is -4.26. The first-order valence-corrected chi connectivity index (χ1v) is 9.55. The van der Waals surface area contributed by atoms with E-state index in [-0.39, 0.29) is 23.7 Å². The van der Waals surface area contributed by atoms with Crippen molar-refractivity contribution in [2.45, 2.75) is 6.18 Å². The number of carbonyl (C=O) groups is 2. The van der Waals surface area contributed by atoms with Gasteiger partial charge in [-0.2, -0.15) is 18.3 Å². The van der Waals surface area contributed by atoms with Crippen molar-refractivity contribution in [2.24, 2.45) is 0 Å². The van der Waals surface area contributed by atoms with Gasteiger partial charge in [0.25, 0.3) is 5.91 Å². The topological polar surface area (TPSA) is 76.5 Å². The van der Waals surface area contributed by atoms with Crippen molar-refractivity contribution in [1.82, 2.24) is 14.7 Å². The predicted molar refractivity (Wildman–Crippen MR) is 115 cm³/mol. The molecular formula is C23H19F3N4O3. The molecule has 0 bridgehead atoms. The number of benzene rings is 2. The maximum atomic E-state index is 13.0. The van der Waals surface area contributed by atoms with Crippen molar-refractivity contribution < 1.29 is 27.5 Å². The molecule has 0 radical (unpaired) electrons. The van der Waals surface area contributed by atoms with Crippen molar-refractivity contribution in [2.75, 3.05) is 26.0 Å². The summed E-state index contributed by atoms with van der Waals surface area (Å²) in [7, 11) is 2.69. The highest BCUT2D eigenvalue weighted by Gasteiger charge is 2.31. The molecule has 0 saturated heterocycles. The molecular weight excluding hydrogens is 437 g/mol. The fourth-order valence-corrected chi connectivity index (χ4v) is 2.97. The molecule has 2 amide bonds. The summed E-state index contributed by atoms with van der Waals surface area (Å²) in [6.45, 7) is -0.307. The number of alkyl halides is 3. The average Bonchev–Trinajstić information content (AvgIpc) is 3.22. The number of amides is 2. The van der Waals surface area contributed by atoms with Crippen LogP contribution < -0.4 is 10.1 Å². The molecule has 1 aromatic heterocycles. The lowest BCUT2D eigenvalue weighted by Gasteiger charge is -2.16. The van der Waals surface area contributed by atoms with Gasteiger partial charge in [0.1, 0.15) is 0 Å². The summed E-state index contributed by atoms with van der Waals surface area (Å²) in [4.78, 5) is 26.3. The Balaban J connectivity index is 1.77. The molecule has 1 N–H and O–H groups in total. The Morgan fingerprint density at radius 3 is 2.61 bits per heavy atom. The van der Waals surface area contributed by atoms with Gasteiger partial charge in [0, 0.05) is 18.3 Å². The quantitative estimate of drug-likeness (QED) is 0.576. The van der Waals surface area contributed by atoms with Gasteiger partial charge in [0.15, 0.2) is 11.4 Å². The molecule has 0 aliphatic carbocycles. The minimum atomic E-state index is -4.53. The van der Waals surface area contributed by atoms with Gasteiger partial charge in [-0.1, -0.05) is 18.1 Å². The zero-order chi connectivity index (χ0) is 24.2. The predicted octanol–water partition coefficient (Wildman–Crippen LogP) is 3.59. The molecule has 0 aliphatic heterocycles. The van der Waals surface area contributed by atoms with Gasteiger partial charge in [0.05, 0.1) is 31.1 Å². The number of anilines is 1. The molecule has 0 fully saturated rings. The second-order valence-electron chi connectivity index (χ2n) is 6.97. The van der Waals surface area contributed by atoms with E-state index in [1.54, 1.807) is 24.3 Å². The van der Waals surface area contributed by atoms with Gasteiger partial charge >= 0.3 is 6.18 Å². The molecule has 7 nitrogen and oxygen atoms in total. The number of ether oxygens (including phenoxy) is 1. The Bertz CT molecular complexity index is 1230. The second-order valence-corrected chi connectivity index (χ2v) is 6.97. The molecule has 0 unspecified atom stereocenters. The summed E-state index contributed by atoms with van der Waals surface area (Å²) in [5.74, 6) is 1.38. The van der Waals surface area contributed by atoms with E-state index in [2.05, 4.69) is 16.3 Å². The third-order valence-corrected chi connectivity index (χ3v) is 4.58. The number of methoxy groups -OCH3 is 1. The number of hydrogen-bond donors (Lipinski definition) is 1. The van der Waals surface area contributed by atoms with Gasteiger partial charge in [-0.05, 0) is 36.4 Å². The minimum Gasteiger partial charge on any atom is -0.493 e. The number of nitrogens with one attached hydrogen (secondary N) is 1. The van der Waals surface area contributed by atoms with Gasteiger partial charge in [-0.15, -0.1) is 6.42 Å². The summed E-state index contributed by atoms with van der Waals surface area (Å²) in [5.41, 5.74) is 0.144. The van der Waals surface area contributed by atoms with E-state index < -0.39 is 23.6 Å². The van der Waals surface area contributed by atoms with Crippen LogP contribution in [0.1, 0.15) is 21.6 Å². The summed E-state index contributed by atoms with van der Waals surface area (Å²) < 4.78 is 45.4. The number of rotatable bonds is 6. The highest BCUT2D eigenvalue weighted by Crippen LogP contribution is 2.31. The Morgan fingerprint density at radius 1 is 1.21 bits per heavy atom. The molecule has 0 aliphatic rings. The van der Waals surface area contributed by atoms with Crippen molar-refractivity contribution in [3.8, 4) is 23.8 Å². The van der Waals surface area contributed by atoms with Crippen molar-refractivity contribution >= 4 is 17.5 Å². The molecule has 3 aromatic rings. The summed E-state index contributed by atoms with van der Waals surface area (Å²) in [6.07, 6.45) is 2.11. The number of terminal acetylenes is 1. The number of hydrogen-bond acceptors (Lipinski definition) is 4. The molecule has 1 heterocycles. The highest BCUT2D eigenvalue weighted by molar-refractivity contribution is 5.99. The Kier molecular flexibility index (Phi) is 6.72. The summed E-state index contributed by atoms with van der Waals surface area (Å²) in [6, 6.07) is 11.1. The maximum absolute atomic E-state index is 13.0. The van der Waals surface area contributed by atoms with E-state index in [1.807, 2.05) is 0 Å². The first-order valence-electron chi connectivity index (χ1n) is 9.55. The van der Waals surface area contributed by atoms with Crippen LogP contribution >= 0.6 is 0 Å². The zero-order valence-corrected chi connectivity index (χ0v) is 17.7. The standard InChI is InChI=1S/C23H19F3N4O3/c1-4-15-7-5-9-17(11-15)27-20(31)14-29(2)22(32)21-19(33-3)13-30(28-21)18-10-6-8-16(12-18)23(24,25)26/h1,5-13H,14H2,2-3H3,(H,27,31). The number of aromatic nitrogens is 2. The third kappa shape index (κ3) is 5.51. The molecule has 10 heteroatoms. The highest BCUT2D eigenvalue weighted by atomic mass is 19.4. The first-order chi connectivity index (χ1) is 15.6. The summed E-state index contributed by atoms with van der Waals surface area (Å²) >= 11 is 0. The van der Waals surface area contributed by atoms with Crippen LogP contribution in [0.3, 0.4) is 0 Å². The molecule has 0 atom stereocenters. The van der Waals surface area contributed by atoms with Crippen LogP contribution in [0.4, 0.5) is 18.9 Å². The van der Waals surface area contributed by atoms with E-state index in [4.69, 9.17) is 11.2 Å². The van der Waals surface area contributed by atoms with E-state index >= 15 is 0 Å². The van der Waals surface area contributed by atoms with Crippen molar-refractivity contribution in [3.63, 3.8) is 0 Å². The van der Waals surface area contributed by atoms with Gasteiger partial charge in [-0.3, -0.25) is 9.59 Å². The largest absolute Gasteiger partial charge is 0.493 e. The number of carbonyl (C=O) groups excluding carboxylic acids is 2. The van der Waals surface area contributed by atoms with Gasteiger partial charge < -0.3 is 15.0 Å². The van der Waals surface area contributed by atoms with Crippen molar-refractivity contribution in [3.05, 3.63) is 71.5 Å². The van der Waals surface area contributed by atoms with Crippen molar-refractivity contribution in [1.29, 1.82) is 0 Å². The molecule has 2 aromatic carbocycles. The van der Waals surface area contributed by atoms with E-state index in [0.717, 1.165) is 21.7 Å². The third-order valence-electron chi connectivity index (χ3n) is 4.58. The lowest BCUT2D eigenvalue weighted by molar-refractivity contribution is -0.137. The first kappa shape index (κ1) is 23.4. The Labute approximate surface area is 187 Å². The van der Waals surface area contributed by atoms with E-state index in [1.165, 1.54) is 32.5 Å². The van der Waals surface area contributed by atoms with Crippen LogP contribution in [0.2, 0.25) is 0 Å². The van der Waals surface area contributed by atoms with Crippen LogP contribution in [0.25, 0.3) is 5.69 Å². The minimum absolute atomic E-state index is 0.0476. The normalized spacial score (nSPS) is 10.9. The lowest BCUT2D eigenvalue weighted by atomic mass is 10.2. The smallest absolute Gasteiger partial charge is 0.416 e. The Morgan fingerprint density at radius 2 is 1.94 bits per heavy atom. The fraction of sp³-hybridized carbons (Fsp3) is 0.174. The van der Waals surface area contributed by atoms with E-state index in [9.17, 15) is 22.8 Å². The number of likely N-dealkylation sites (N-methyl/N-ethyl adjacent to an activating group) is 1. The van der Waals surface area contributed by atoms with E-state index in [0.29, 0.717) is 11.3 Å². The van der Waals surface area contributed by atoms with Crippen LogP contribution in [-0.4, -0.2) is 47.2 Å². The number of halogens is 3. The molecule has 0 spiro atoms. The fourth-order valence-electron chi connectivity index (χ4n) is 2.97. The maximum Gasteiger partial charge on any atom is 0.416 e. The van der Waals surface area contributed by atoms with Crippen LogP contribution in [-0.2, 0) is 11.0 Å². The second kappa shape index (κ2) is 9.48. The van der Waals surface area contributed by atoms with Crippen LogP contribution in [0.5, 0.6) is 5.75 Å². The molecule has 33 heavy (non-hydrogen) atoms. The molecule has 170 valence electrons. The average molecular weight is 456 g/mol. The SMILES string of the molecule is C#Cc1cccc(NC(=O)CN(C)C(=O)c2nn(-c3cccc(C(F)(F)F)c3)cc2OC)c1. The monoisotopic (exact) mass is 456 g/mol. The summed E-state index contributed by atoms with van der Waals surface area (Å²) in [5, 5.41) is 6.73. The van der Waals surface area contributed by atoms with Crippen LogP contribution in [0, 0.1) is 12.3 Å². The van der Waals surface area contributed by atoms with Crippen LogP contribution in [0.15, 0.2) is 54.7 Å². The van der Waals surface area contributed by atoms with Gasteiger partial charge in [0.2, 0.25) is 5.91 Å². The molecule has 3 rings (SSSR count). The molecule has 0 saturated carbocycles. The zero-order valence-electron chi connectivity index (χ0n) is 17.7. The number of nitrogens with zero attached hydrogens (tertiary/aromatic N) is 3.